The summed E-state index contributed by atoms with van der Waals surface area (Å²) in [6.45, 7) is 0. The second kappa shape index (κ2) is 7.48. The number of nitrogens with zero attached hydrogens (tertiary/aromatic N) is 2. The van der Waals surface area contributed by atoms with Crippen molar-refractivity contribution in [2.24, 2.45) is 0 Å². The van der Waals surface area contributed by atoms with Gasteiger partial charge in [-0.25, -0.2) is 0 Å². The van der Waals surface area contributed by atoms with Gasteiger partial charge in [0.25, 0.3) is 0 Å². The molecule has 23 heavy (non-hydrogen) atoms. The zero-order chi connectivity index (χ0) is 16.1. The second-order valence-corrected chi connectivity index (χ2v) is 6.85. The van der Waals surface area contributed by atoms with Gasteiger partial charge in [-0.2, -0.15) is 0 Å². The molecule has 0 aliphatic carbocycles. The van der Waals surface area contributed by atoms with Crippen LogP contribution in [0.1, 0.15) is 12.0 Å². The van der Waals surface area contributed by atoms with Crippen molar-refractivity contribution in [3.8, 4) is 10.6 Å². The van der Waals surface area contributed by atoms with Crippen LogP contribution in [0.2, 0.25) is 0 Å². The highest BCUT2D eigenvalue weighted by atomic mass is 79.9. The fraction of sp³-hybridized carbons (Fsp3) is 0.118. The van der Waals surface area contributed by atoms with Gasteiger partial charge in [-0.15, -0.1) is 10.2 Å². The number of hydrogen-bond acceptors (Lipinski definition) is 4. The first-order valence-electron chi connectivity index (χ1n) is 7.14. The zero-order valence-corrected chi connectivity index (χ0v) is 14.6. The first kappa shape index (κ1) is 15.8. The van der Waals surface area contributed by atoms with E-state index in [2.05, 4.69) is 31.4 Å². The highest BCUT2D eigenvalue weighted by Crippen LogP contribution is 2.26. The fourth-order valence-electron chi connectivity index (χ4n) is 2.10. The molecule has 0 aliphatic rings. The molecule has 3 aromatic rings. The second-order valence-electron chi connectivity index (χ2n) is 4.96. The molecule has 0 unspecified atom stereocenters. The lowest BCUT2D eigenvalue weighted by molar-refractivity contribution is -0.116. The molecule has 1 N–H and O–H groups in total. The van der Waals surface area contributed by atoms with Gasteiger partial charge in [0.05, 0.1) is 0 Å². The molecule has 0 radical (unpaired) electrons. The van der Waals surface area contributed by atoms with Crippen LogP contribution in [0.4, 0.5) is 5.13 Å². The first-order valence-corrected chi connectivity index (χ1v) is 8.75. The number of amides is 1. The molecule has 0 saturated carbocycles. The van der Waals surface area contributed by atoms with E-state index >= 15 is 0 Å². The molecule has 3 rings (SSSR count). The maximum Gasteiger partial charge on any atom is 0.226 e. The van der Waals surface area contributed by atoms with E-state index in [1.165, 1.54) is 11.3 Å². The van der Waals surface area contributed by atoms with E-state index in [0.717, 1.165) is 20.6 Å². The lowest BCUT2D eigenvalue weighted by Crippen LogP contribution is -2.12. The summed E-state index contributed by atoms with van der Waals surface area (Å²) in [5.41, 5.74) is 2.12. The van der Waals surface area contributed by atoms with Crippen molar-refractivity contribution >= 4 is 38.3 Å². The zero-order valence-electron chi connectivity index (χ0n) is 12.2. The summed E-state index contributed by atoms with van der Waals surface area (Å²) in [5, 5.41) is 12.3. The normalized spacial score (nSPS) is 10.5. The third kappa shape index (κ3) is 4.46. The Bertz CT molecular complexity index is 804. The van der Waals surface area contributed by atoms with E-state index in [9.17, 15) is 4.79 Å². The Morgan fingerprint density at radius 1 is 1.09 bits per heavy atom. The third-order valence-electron chi connectivity index (χ3n) is 3.22. The SMILES string of the molecule is O=C(CCc1cccc(Br)c1)Nc1nnc(-c2ccccc2)s1. The maximum atomic E-state index is 12.0. The van der Waals surface area contributed by atoms with Crippen molar-refractivity contribution in [3.05, 3.63) is 64.6 Å². The summed E-state index contributed by atoms with van der Waals surface area (Å²) in [5.74, 6) is -0.0549. The fourth-order valence-corrected chi connectivity index (χ4v) is 3.32. The molecule has 6 heteroatoms. The minimum atomic E-state index is -0.0549. The number of hydrogen-bond donors (Lipinski definition) is 1. The van der Waals surface area contributed by atoms with Crippen LogP contribution in [-0.2, 0) is 11.2 Å². The Balaban J connectivity index is 1.57. The van der Waals surface area contributed by atoms with E-state index in [1.807, 2.05) is 54.6 Å². The number of anilines is 1. The summed E-state index contributed by atoms with van der Waals surface area (Å²) in [7, 11) is 0. The molecule has 0 fully saturated rings. The molecule has 4 nitrogen and oxygen atoms in total. The van der Waals surface area contributed by atoms with Crippen LogP contribution in [0.5, 0.6) is 0 Å². The largest absolute Gasteiger partial charge is 0.301 e. The third-order valence-corrected chi connectivity index (χ3v) is 4.60. The van der Waals surface area contributed by atoms with E-state index in [1.54, 1.807) is 0 Å². The van der Waals surface area contributed by atoms with Crippen molar-refractivity contribution in [2.75, 3.05) is 5.32 Å². The summed E-state index contributed by atoms with van der Waals surface area (Å²) >= 11 is 4.81. The van der Waals surface area contributed by atoms with E-state index in [4.69, 9.17) is 0 Å². The highest BCUT2D eigenvalue weighted by molar-refractivity contribution is 9.10. The van der Waals surface area contributed by atoms with Crippen molar-refractivity contribution < 1.29 is 4.79 Å². The Morgan fingerprint density at radius 3 is 2.70 bits per heavy atom. The number of nitrogens with one attached hydrogen (secondary N) is 1. The smallest absolute Gasteiger partial charge is 0.226 e. The van der Waals surface area contributed by atoms with Crippen molar-refractivity contribution in [3.63, 3.8) is 0 Å². The summed E-state index contributed by atoms with van der Waals surface area (Å²) in [6, 6.07) is 17.8. The van der Waals surface area contributed by atoms with Crippen molar-refractivity contribution in [2.45, 2.75) is 12.8 Å². The van der Waals surface area contributed by atoms with Gasteiger partial charge < -0.3 is 5.32 Å². The van der Waals surface area contributed by atoms with Crippen LogP contribution in [0.25, 0.3) is 10.6 Å². The van der Waals surface area contributed by atoms with Crippen LogP contribution in [0, 0.1) is 0 Å². The molecule has 0 aliphatic heterocycles. The van der Waals surface area contributed by atoms with Gasteiger partial charge in [-0.05, 0) is 24.1 Å². The van der Waals surface area contributed by atoms with E-state index in [0.29, 0.717) is 18.0 Å². The molecule has 1 aromatic heterocycles. The summed E-state index contributed by atoms with van der Waals surface area (Å²) in [6.07, 6.45) is 1.10. The Hall–Kier alpha value is -2.05. The molecule has 0 atom stereocenters. The standard InChI is InChI=1S/C17H14BrN3OS/c18-14-8-4-5-12(11-14)9-10-15(22)19-17-21-20-16(23-17)13-6-2-1-3-7-13/h1-8,11H,9-10H2,(H,19,21,22). The number of aryl methyl sites for hydroxylation is 1. The predicted octanol–water partition coefficient (Wildman–Crippen LogP) is 4.54. The van der Waals surface area contributed by atoms with Crippen LogP contribution in [0.3, 0.4) is 0 Å². The molecule has 0 spiro atoms. The predicted molar refractivity (Wildman–Crippen MR) is 96.4 cm³/mol. The molecule has 1 amide bonds. The minimum Gasteiger partial charge on any atom is -0.301 e. The van der Waals surface area contributed by atoms with Gasteiger partial charge in [-0.3, -0.25) is 4.79 Å². The topological polar surface area (TPSA) is 54.9 Å². The van der Waals surface area contributed by atoms with Crippen LogP contribution in [0.15, 0.2) is 59.1 Å². The lowest BCUT2D eigenvalue weighted by atomic mass is 10.1. The molecule has 116 valence electrons. The number of carbonyl (C=O) groups excluding carboxylic acids is 1. The number of rotatable bonds is 5. The molecule has 2 aromatic carbocycles. The Labute approximate surface area is 146 Å². The average Bonchev–Trinajstić information content (AvgIpc) is 3.02. The molecular weight excluding hydrogens is 374 g/mol. The number of benzene rings is 2. The van der Waals surface area contributed by atoms with Gasteiger partial charge in [-0.1, -0.05) is 69.7 Å². The lowest BCUT2D eigenvalue weighted by Gasteiger charge is -2.02. The maximum absolute atomic E-state index is 12.0. The van der Waals surface area contributed by atoms with Gasteiger partial charge in [0.15, 0.2) is 0 Å². The van der Waals surface area contributed by atoms with Gasteiger partial charge >= 0.3 is 0 Å². The summed E-state index contributed by atoms with van der Waals surface area (Å²) < 4.78 is 1.02. The number of aromatic nitrogens is 2. The van der Waals surface area contributed by atoms with Gasteiger partial charge in [0.2, 0.25) is 11.0 Å². The quantitative estimate of drug-likeness (QED) is 0.698. The monoisotopic (exact) mass is 387 g/mol. The summed E-state index contributed by atoms with van der Waals surface area (Å²) in [4.78, 5) is 12.0. The van der Waals surface area contributed by atoms with E-state index in [-0.39, 0.29) is 5.91 Å². The van der Waals surface area contributed by atoms with E-state index < -0.39 is 0 Å². The first-order chi connectivity index (χ1) is 11.2. The number of carbonyl (C=O) groups is 1. The average molecular weight is 388 g/mol. The van der Waals surface area contributed by atoms with Crippen molar-refractivity contribution in [1.29, 1.82) is 0 Å². The van der Waals surface area contributed by atoms with Crippen LogP contribution < -0.4 is 5.32 Å². The molecule has 0 bridgehead atoms. The van der Waals surface area contributed by atoms with Crippen LogP contribution >= 0.6 is 27.3 Å². The van der Waals surface area contributed by atoms with Gasteiger partial charge in [0.1, 0.15) is 5.01 Å². The molecular formula is C17H14BrN3OS. The molecule has 1 heterocycles. The number of halogens is 1. The minimum absolute atomic E-state index is 0.0549. The highest BCUT2D eigenvalue weighted by Gasteiger charge is 2.09. The van der Waals surface area contributed by atoms with Gasteiger partial charge in [0, 0.05) is 16.5 Å². The Morgan fingerprint density at radius 2 is 1.91 bits per heavy atom. The molecule has 0 saturated heterocycles. The Kier molecular flexibility index (Phi) is 5.15. The van der Waals surface area contributed by atoms with Crippen molar-refractivity contribution in [1.82, 2.24) is 10.2 Å². The van der Waals surface area contributed by atoms with Crippen LogP contribution in [-0.4, -0.2) is 16.1 Å².